The second kappa shape index (κ2) is 4.98. The third-order valence-corrected chi connectivity index (χ3v) is 5.60. The van der Waals surface area contributed by atoms with E-state index in [0.717, 1.165) is 56.6 Å². The maximum atomic E-state index is 12.5. The molecule has 1 spiro atoms. The number of rotatable bonds is 2. The third kappa shape index (κ3) is 2.04. The van der Waals surface area contributed by atoms with Gasteiger partial charge in [0, 0.05) is 13.1 Å². The number of piperidine rings is 1. The Hall–Kier alpha value is -1.55. The summed E-state index contributed by atoms with van der Waals surface area (Å²) in [5.74, 6) is 1.05. The molecule has 118 valence electrons. The largest absolute Gasteiger partial charge is 0.488 e. The van der Waals surface area contributed by atoms with Crippen LogP contribution in [0.25, 0.3) is 0 Å². The molecule has 2 aliphatic heterocycles. The summed E-state index contributed by atoms with van der Waals surface area (Å²) in [6, 6.07) is 4.25. The molecule has 1 aromatic carbocycles. The van der Waals surface area contributed by atoms with Gasteiger partial charge in [0.1, 0.15) is 11.9 Å². The number of likely N-dealkylation sites (tertiary alicyclic amines) is 1. The SMILES string of the molecule is Cc1cc(OC2CCN(C)CC2)c2c(c1)C1(CCC1)C(=O)N2. The topological polar surface area (TPSA) is 41.6 Å². The first-order chi connectivity index (χ1) is 10.6. The molecule has 1 N–H and O–H groups in total. The lowest BCUT2D eigenvalue weighted by atomic mass is 9.65. The number of nitrogens with zero attached hydrogens (tertiary/aromatic N) is 1. The number of carbonyl (C=O) groups excluding carboxylic acids is 1. The van der Waals surface area contributed by atoms with Crippen LogP contribution in [0.1, 0.15) is 43.2 Å². The van der Waals surface area contributed by atoms with Crippen LogP contribution < -0.4 is 10.1 Å². The van der Waals surface area contributed by atoms with Gasteiger partial charge in [-0.05, 0) is 56.8 Å². The van der Waals surface area contributed by atoms with Crippen molar-refractivity contribution in [1.82, 2.24) is 4.90 Å². The first-order valence-corrected chi connectivity index (χ1v) is 8.40. The molecule has 4 nitrogen and oxygen atoms in total. The van der Waals surface area contributed by atoms with Gasteiger partial charge in [-0.3, -0.25) is 4.79 Å². The van der Waals surface area contributed by atoms with Crippen molar-refractivity contribution < 1.29 is 9.53 Å². The fraction of sp³-hybridized carbons (Fsp3) is 0.611. The number of hydrogen-bond donors (Lipinski definition) is 1. The van der Waals surface area contributed by atoms with Crippen molar-refractivity contribution in [2.24, 2.45) is 0 Å². The maximum absolute atomic E-state index is 12.5. The molecule has 0 radical (unpaired) electrons. The number of nitrogens with one attached hydrogen (secondary N) is 1. The molecule has 1 saturated carbocycles. The van der Waals surface area contributed by atoms with Crippen molar-refractivity contribution in [3.05, 3.63) is 23.3 Å². The van der Waals surface area contributed by atoms with Gasteiger partial charge in [-0.15, -0.1) is 0 Å². The molecule has 1 amide bonds. The third-order valence-electron chi connectivity index (χ3n) is 5.60. The minimum atomic E-state index is -0.258. The normalized spacial score (nSPS) is 24.0. The van der Waals surface area contributed by atoms with Crippen LogP contribution >= 0.6 is 0 Å². The highest BCUT2D eigenvalue weighted by atomic mass is 16.5. The van der Waals surface area contributed by atoms with Crippen molar-refractivity contribution >= 4 is 11.6 Å². The molecule has 0 unspecified atom stereocenters. The predicted molar refractivity (Wildman–Crippen MR) is 86.5 cm³/mol. The molecule has 0 aromatic heterocycles. The fourth-order valence-electron chi connectivity index (χ4n) is 4.02. The van der Waals surface area contributed by atoms with Crippen LogP contribution in [0.4, 0.5) is 5.69 Å². The molecular weight excluding hydrogens is 276 g/mol. The summed E-state index contributed by atoms with van der Waals surface area (Å²) in [5, 5.41) is 3.11. The van der Waals surface area contributed by atoms with Crippen LogP contribution in [0.2, 0.25) is 0 Å². The Morgan fingerprint density at radius 1 is 1.27 bits per heavy atom. The van der Waals surface area contributed by atoms with Crippen molar-refractivity contribution in [1.29, 1.82) is 0 Å². The zero-order chi connectivity index (χ0) is 15.3. The molecule has 1 aromatic rings. The molecule has 2 heterocycles. The van der Waals surface area contributed by atoms with Crippen LogP contribution in [-0.4, -0.2) is 37.0 Å². The van der Waals surface area contributed by atoms with Gasteiger partial charge in [-0.25, -0.2) is 0 Å². The highest BCUT2D eigenvalue weighted by Gasteiger charge is 2.52. The lowest BCUT2D eigenvalue weighted by Gasteiger charge is -2.36. The number of anilines is 1. The number of benzene rings is 1. The van der Waals surface area contributed by atoms with E-state index in [1.165, 1.54) is 11.1 Å². The second-order valence-corrected chi connectivity index (χ2v) is 7.20. The van der Waals surface area contributed by atoms with Crippen LogP contribution in [0.5, 0.6) is 5.75 Å². The van der Waals surface area contributed by atoms with Gasteiger partial charge in [-0.2, -0.15) is 0 Å². The minimum Gasteiger partial charge on any atom is -0.488 e. The van der Waals surface area contributed by atoms with E-state index in [1.807, 2.05) is 0 Å². The number of ether oxygens (including phenoxy) is 1. The predicted octanol–water partition coefficient (Wildman–Crippen LogP) is 2.84. The smallest absolute Gasteiger partial charge is 0.235 e. The van der Waals surface area contributed by atoms with E-state index in [-0.39, 0.29) is 17.4 Å². The summed E-state index contributed by atoms with van der Waals surface area (Å²) in [7, 11) is 2.15. The minimum absolute atomic E-state index is 0.174. The van der Waals surface area contributed by atoms with Gasteiger partial charge in [0.25, 0.3) is 0 Å². The van der Waals surface area contributed by atoms with Crippen LogP contribution in [0, 0.1) is 6.92 Å². The van der Waals surface area contributed by atoms with Crippen molar-refractivity contribution in [3.63, 3.8) is 0 Å². The number of aryl methyl sites for hydroxylation is 1. The van der Waals surface area contributed by atoms with Crippen LogP contribution in [0.15, 0.2) is 12.1 Å². The average Bonchev–Trinajstić information content (AvgIpc) is 2.73. The molecule has 3 aliphatic rings. The quantitative estimate of drug-likeness (QED) is 0.913. The highest BCUT2D eigenvalue weighted by molar-refractivity contribution is 6.08. The van der Waals surface area contributed by atoms with E-state index in [2.05, 4.69) is 36.3 Å². The molecule has 4 rings (SSSR count). The molecule has 1 saturated heterocycles. The van der Waals surface area contributed by atoms with E-state index < -0.39 is 0 Å². The maximum Gasteiger partial charge on any atom is 0.235 e. The second-order valence-electron chi connectivity index (χ2n) is 7.20. The number of carbonyl (C=O) groups is 1. The zero-order valence-corrected chi connectivity index (χ0v) is 13.4. The molecular formula is C18H24N2O2. The standard InChI is InChI=1S/C18H24N2O2/c1-12-10-14-16(19-17(21)18(14)6-3-7-18)15(11-12)22-13-4-8-20(2)9-5-13/h10-11,13H,3-9H2,1-2H3,(H,19,21). The number of fused-ring (bicyclic) bond motifs is 2. The lowest BCUT2D eigenvalue weighted by molar-refractivity contribution is -0.123. The first kappa shape index (κ1) is 14.1. The molecule has 22 heavy (non-hydrogen) atoms. The van der Waals surface area contributed by atoms with Gasteiger partial charge in [0.15, 0.2) is 0 Å². The molecule has 0 atom stereocenters. The van der Waals surface area contributed by atoms with Crippen LogP contribution in [0.3, 0.4) is 0 Å². The van der Waals surface area contributed by atoms with E-state index in [9.17, 15) is 4.79 Å². The number of amides is 1. The Bertz CT molecular complexity index is 614. The van der Waals surface area contributed by atoms with E-state index in [0.29, 0.717) is 0 Å². The summed E-state index contributed by atoms with van der Waals surface area (Å²) in [6.07, 6.45) is 5.46. The summed E-state index contributed by atoms with van der Waals surface area (Å²) in [4.78, 5) is 14.8. The molecule has 0 bridgehead atoms. The van der Waals surface area contributed by atoms with E-state index in [1.54, 1.807) is 0 Å². The van der Waals surface area contributed by atoms with Crippen LogP contribution in [-0.2, 0) is 10.2 Å². The van der Waals surface area contributed by atoms with E-state index in [4.69, 9.17) is 4.74 Å². The number of hydrogen-bond acceptors (Lipinski definition) is 3. The Labute approximate surface area is 131 Å². The lowest BCUT2D eigenvalue weighted by Crippen LogP contribution is -2.40. The van der Waals surface area contributed by atoms with E-state index >= 15 is 0 Å². The molecule has 4 heteroatoms. The van der Waals surface area contributed by atoms with Gasteiger partial charge in [0.05, 0.1) is 11.1 Å². The Kier molecular flexibility index (Phi) is 3.19. The Morgan fingerprint density at radius 3 is 2.64 bits per heavy atom. The van der Waals surface area contributed by atoms with Crippen molar-refractivity contribution in [3.8, 4) is 5.75 Å². The first-order valence-electron chi connectivity index (χ1n) is 8.40. The van der Waals surface area contributed by atoms with Crippen molar-refractivity contribution in [2.75, 3.05) is 25.5 Å². The summed E-state index contributed by atoms with van der Waals surface area (Å²) in [6.45, 7) is 4.25. The highest BCUT2D eigenvalue weighted by Crippen LogP contribution is 2.54. The zero-order valence-electron chi connectivity index (χ0n) is 13.4. The molecule has 1 aliphatic carbocycles. The van der Waals surface area contributed by atoms with Crippen molar-refractivity contribution in [2.45, 2.75) is 50.5 Å². The summed E-state index contributed by atoms with van der Waals surface area (Å²) in [5.41, 5.74) is 3.04. The van der Waals surface area contributed by atoms with Gasteiger partial charge in [0.2, 0.25) is 5.91 Å². The summed E-state index contributed by atoms with van der Waals surface area (Å²) < 4.78 is 6.30. The van der Waals surface area contributed by atoms with Gasteiger partial charge < -0.3 is 15.0 Å². The van der Waals surface area contributed by atoms with Gasteiger partial charge >= 0.3 is 0 Å². The van der Waals surface area contributed by atoms with Gasteiger partial charge in [-0.1, -0.05) is 12.5 Å². The Balaban J connectivity index is 1.64. The Morgan fingerprint density at radius 2 is 2.00 bits per heavy atom. The molecule has 2 fully saturated rings. The fourth-order valence-corrected chi connectivity index (χ4v) is 4.02. The summed E-state index contributed by atoms with van der Waals surface area (Å²) >= 11 is 0. The average molecular weight is 300 g/mol. The monoisotopic (exact) mass is 300 g/mol.